The molecule has 20 heavy (non-hydrogen) atoms. The van der Waals surface area contributed by atoms with Gasteiger partial charge in [0.05, 0.1) is 11.4 Å². The van der Waals surface area contributed by atoms with Gasteiger partial charge in [0, 0.05) is 26.8 Å². The van der Waals surface area contributed by atoms with Gasteiger partial charge in [-0.2, -0.15) is 5.10 Å². The Morgan fingerprint density at radius 1 is 1.25 bits per heavy atom. The van der Waals surface area contributed by atoms with Crippen molar-refractivity contribution in [2.75, 3.05) is 19.4 Å². The molecule has 0 saturated heterocycles. The minimum absolute atomic E-state index is 0.268. The van der Waals surface area contributed by atoms with Crippen molar-refractivity contribution in [2.24, 2.45) is 7.05 Å². The zero-order valence-corrected chi connectivity index (χ0v) is 12.4. The van der Waals surface area contributed by atoms with Crippen LogP contribution in [0.1, 0.15) is 5.82 Å². The van der Waals surface area contributed by atoms with Crippen molar-refractivity contribution < 1.29 is 8.42 Å². The van der Waals surface area contributed by atoms with E-state index in [0.717, 1.165) is 5.69 Å². The Bertz CT molecular complexity index is 676. The molecule has 0 aliphatic carbocycles. The predicted octanol–water partition coefficient (Wildman–Crippen LogP) is 0.677. The number of sulfonamides is 1. The number of hydrogen-bond acceptors (Lipinski definition) is 5. The first-order valence-corrected chi connectivity index (χ1v) is 7.44. The lowest BCUT2D eigenvalue weighted by Gasteiger charge is -2.11. The average molecular weight is 295 g/mol. The fourth-order valence-electron chi connectivity index (χ4n) is 1.60. The van der Waals surface area contributed by atoms with Crippen molar-refractivity contribution in [2.45, 2.75) is 11.4 Å². The maximum absolute atomic E-state index is 11.9. The van der Waals surface area contributed by atoms with E-state index in [9.17, 15) is 8.42 Å². The van der Waals surface area contributed by atoms with Crippen LogP contribution in [-0.4, -0.2) is 41.6 Å². The first-order chi connectivity index (χ1) is 9.39. The topological polar surface area (TPSA) is 80.1 Å². The summed E-state index contributed by atoms with van der Waals surface area (Å²) >= 11 is 0. The number of aromatic nitrogens is 3. The van der Waals surface area contributed by atoms with Crippen LogP contribution in [0.4, 0.5) is 5.69 Å². The molecule has 0 unspecified atom stereocenters. The van der Waals surface area contributed by atoms with Crippen LogP contribution in [0.5, 0.6) is 0 Å². The molecular weight excluding hydrogens is 278 g/mol. The van der Waals surface area contributed by atoms with Crippen LogP contribution in [0.2, 0.25) is 0 Å². The second kappa shape index (κ2) is 5.59. The highest BCUT2D eigenvalue weighted by Crippen LogP contribution is 2.16. The molecule has 7 nitrogen and oxygen atoms in total. The van der Waals surface area contributed by atoms with Gasteiger partial charge in [-0.3, -0.25) is 4.68 Å². The summed E-state index contributed by atoms with van der Waals surface area (Å²) < 4.78 is 26.6. The third-order valence-electron chi connectivity index (χ3n) is 2.73. The van der Waals surface area contributed by atoms with E-state index in [-0.39, 0.29) is 4.90 Å². The van der Waals surface area contributed by atoms with Gasteiger partial charge in [-0.15, -0.1) is 0 Å². The summed E-state index contributed by atoms with van der Waals surface area (Å²) in [6.07, 6.45) is 1.63. The summed E-state index contributed by atoms with van der Waals surface area (Å²) in [5, 5.41) is 7.28. The predicted molar refractivity (Wildman–Crippen MR) is 75.6 cm³/mol. The Hall–Kier alpha value is -1.93. The second-order valence-electron chi connectivity index (χ2n) is 4.50. The van der Waals surface area contributed by atoms with Crippen LogP contribution < -0.4 is 5.32 Å². The monoisotopic (exact) mass is 295 g/mol. The molecule has 0 amide bonds. The van der Waals surface area contributed by atoms with E-state index in [2.05, 4.69) is 15.4 Å². The number of nitrogens with one attached hydrogen (secondary N) is 1. The van der Waals surface area contributed by atoms with E-state index < -0.39 is 10.0 Å². The van der Waals surface area contributed by atoms with Gasteiger partial charge in [0.2, 0.25) is 10.0 Å². The van der Waals surface area contributed by atoms with Crippen LogP contribution >= 0.6 is 0 Å². The highest BCUT2D eigenvalue weighted by molar-refractivity contribution is 7.89. The molecule has 1 aromatic heterocycles. The Kier molecular flexibility index (Phi) is 4.05. The maximum atomic E-state index is 11.9. The smallest absolute Gasteiger partial charge is 0.242 e. The number of hydrogen-bond donors (Lipinski definition) is 1. The van der Waals surface area contributed by atoms with Gasteiger partial charge in [-0.25, -0.2) is 17.7 Å². The van der Waals surface area contributed by atoms with Crippen LogP contribution in [0.3, 0.4) is 0 Å². The fraction of sp³-hybridized carbons (Fsp3) is 0.333. The molecule has 1 N–H and O–H groups in total. The lowest BCUT2D eigenvalue weighted by atomic mass is 10.3. The molecule has 0 atom stereocenters. The van der Waals surface area contributed by atoms with Crippen molar-refractivity contribution >= 4 is 15.7 Å². The van der Waals surface area contributed by atoms with Crippen molar-refractivity contribution in [3.8, 4) is 0 Å². The lowest BCUT2D eigenvalue weighted by Crippen LogP contribution is -2.22. The second-order valence-corrected chi connectivity index (χ2v) is 6.65. The summed E-state index contributed by atoms with van der Waals surface area (Å²) in [6, 6.07) is 6.59. The average Bonchev–Trinajstić information content (AvgIpc) is 2.82. The standard InChI is InChI=1S/C12H17N5O2S/c1-16(2)20(18,19)11-6-4-10(5-7-11)13-8-12-14-9-17(3)15-12/h4-7,9,13H,8H2,1-3H3. The van der Waals surface area contributed by atoms with Crippen molar-refractivity contribution in [3.63, 3.8) is 0 Å². The number of anilines is 1. The van der Waals surface area contributed by atoms with Crippen molar-refractivity contribution in [1.82, 2.24) is 19.1 Å². The van der Waals surface area contributed by atoms with E-state index in [0.29, 0.717) is 12.4 Å². The summed E-state index contributed by atoms with van der Waals surface area (Å²) in [7, 11) is 1.44. The Morgan fingerprint density at radius 3 is 2.40 bits per heavy atom. The quantitative estimate of drug-likeness (QED) is 0.877. The maximum Gasteiger partial charge on any atom is 0.242 e. The normalized spacial score (nSPS) is 11.8. The molecule has 0 aliphatic heterocycles. The molecule has 0 spiro atoms. The molecule has 8 heteroatoms. The summed E-state index contributed by atoms with van der Waals surface area (Å²) in [4.78, 5) is 4.37. The van der Waals surface area contributed by atoms with E-state index in [1.165, 1.54) is 18.4 Å². The molecular formula is C12H17N5O2S. The van der Waals surface area contributed by atoms with Crippen LogP contribution in [-0.2, 0) is 23.6 Å². The van der Waals surface area contributed by atoms with E-state index in [1.807, 2.05) is 0 Å². The molecule has 1 heterocycles. The van der Waals surface area contributed by atoms with E-state index in [4.69, 9.17) is 0 Å². The molecule has 0 bridgehead atoms. The zero-order valence-electron chi connectivity index (χ0n) is 11.6. The first-order valence-electron chi connectivity index (χ1n) is 6.00. The zero-order chi connectivity index (χ0) is 14.8. The van der Waals surface area contributed by atoms with Gasteiger partial charge in [0.1, 0.15) is 6.33 Å². The van der Waals surface area contributed by atoms with E-state index >= 15 is 0 Å². The van der Waals surface area contributed by atoms with Gasteiger partial charge < -0.3 is 5.32 Å². The molecule has 1 aromatic carbocycles. The Morgan fingerprint density at radius 2 is 1.90 bits per heavy atom. The van der Waals surface area contributed by atoms with Gasteiger partial charge in [-0.05, 0) is 24.3 Å². The third-order valence-corrected chi connectivity index (χ3v) is 4.56. The van der Waals surface area contributed by atoms with Crippen molar-refractivity contribution in [1.29, 1.82) is 0 Å². The fourth-order valence-corrected chi connectivity index (χ4v) is 2.50. The molecule has 2 rings (SSSR count). The number of rotatable bonds is 5. The third kappa shape index (κ3) is 3.14. The number of aryl methyl sites for hydroxylation is 1. The number of nitrogens with zero attached hydrogens (tertiary/aromatic N) is 4. The van der Waals surface area contributed by atoms with Gasteiger partial charge in [0.25, 0.3) is 0 Å². The summed E-state index contributed by atoms with van der Waals surface area (Å²) in [6.45, 7) is 0.487. The van der Waals surface area contributed by atoms with E-state index in [1.54, 1.807) is 42.3 Å². The molecule has 2 aromatic rings. The lowest BCUT2D eigenvalue weighted by molar-refractivity contribution is 0.521. The Labute approximate surface area is 118 Å². The molecule has 108 valence electrons. The highest BCUT2D eigenvalue weighted by Gasteiger charge is 2.16. The summed E-state index contributed by atoms with van der Waals surface area (Å²) in [5.41, 5.74) is 0.815. The van der Waals surface area contributed by atoms with Crippen LogP contribution in [0, 0.1) is 0 Å². The van der Waals surface area contributed by atoms with Gasteiger partial charge >= 0.3 is 0 Å². The SMILES string of the molecule is CN(C)S(=O)(=O)c1ccc(NCc2ncn(C)n2)cc1. The summed E-state index contributed by atoms with van der Waals surface area (Å²) in [5.74, 6) is 0.678. The van der Waals surface area contributed by atoms with Gasteiger partial charge in [0.15, 0.2) is 5.82 Å². The minimum Gasteiger partial charge on any atom is -0.378 e. The molecule has 0 aliphatic rings. The van der Waals surface area contributed by atoms with Crippen molar-refractivity contribution in [3.05, 3.63) is 36.4 Å². The minimum atomic E-state index is -3.38. The van der Waals surface area contributed by atoms with Crippen LogP contribution in [0.25, 0.3) is 0 Å². The van der Waals surface area contributed by atoms with Gasteiger partial charge in [-0.1, -0.05) is 0 Å². The highest BCUT2D eigenvalue weighted by atomic mass is 32.2. The molecule has 0 fully saturated rings. The largest absolute Gasteiger partial charge is 0.378 e. The number of benzene rings is 1. The molecule has 0 saturated carbocycles. The Balaban J connectivity index is 2.05. The van der Waals surface area contributed by atoms with Crippen LogP contribution in [0.15, 0.2) is 35.5 Å². The molecule has 0 radical (unpaired) electrons. The first kappa shape index (κ1) is 14.5.